The third-order valence-corrected chi connectivity index (χ3v) is 0.676. The lowest BCUT2D eigenvalue weighted by Crippen LogP contribution is -2.25. The zero-order valence-corrected chi connectivity index (χ0v) is 5.84. The predicted octanol–water partition coefficient (Wildman–Crippen LogP) is -0.210. The summed E-state index contributed by atoms with van der Waals surface area (Å²) in [6.45, 7) is 1.62. The van der Waals surface area contributed by atoms with Crippen molar-refractivity contribution in [3.05, 3.63) is 5.70 Å². The Morgan fingerprint density at radius 2 is 2.40 bits per heavy atom. The Kier molecular flexibility index (Phi) is 3.95. The van der Waals surface area contributed by atoms with Crippen molar-refractivity contribution in [3.8, 4) is 0 Å². The van der Waals surface area contributed by atoms with Crippen LogP contribution in [0.25, 0.3) is 0 Å². The average Bonchev–Trinajstić information content (AvgIpc) is 1.88. The van der Waals surface area contributed by atoms with Gasteiger partial charge in [-0.05, 0) is 6.92 Å². The molecular formula is C5H9N3O2. The molecule has 5 nitrogen and oxygen atoms in total. The number of nitrogens with zero attached hydrogens (tertiary/aromatic N) is 1. The highest BCUT2D eigenvalue weighted by Crippen LogP contribution is 1.77. The summed E-state index contributed by atoms with van der Waals surface area (Å²) in [6, 6.07) is 0. The van der Waals surface area contributed by atoms with Gasteiger partial charge >= 0.3 is 6.09 Å². The Bertz CT molecular complexity index is 181. The number of carbonyl (C=O) groups is 1. The summed E-state index contributed by atoms with van der Waals surface area (Å²) in [7, 11) is 1.54. The summed E-state index contributed by atoms with van der Waals surface area (Å²) in [5.74, 6) is 7.02. The number of carbonyl (C=O) groups excluding carboxylic acids is 1. The van der Waals surface area contributed by atoms with Crippen LogP contribution in [-0.2, 0) is 4.84 Å². The highest BCUT2D eigenvalue weighted by atomic mass is 16.7. The maximum absolute atomic E-state index is 10.3. The molecule has 0 heterocycles. The zero-order chi connectivity index (χ0) is 7.98. The predicted molar refractivity (Wildman–Crippen MR) is 36.4 cm³/mol. The molecule has 0 aliphatic heterocycles. The van der Waals surface area contributed by atoms with Gasteiger partial charge in [0.05, 0.1) is 5.70 Å². The van der Waals surface area contributed by atoms with E-state index in [4.69, 9.17) is 0 Å². The van der Waals surface area contributed by atoms with E-state index in [0.29, 0.717) is 5.70 Å². The topological polar surface area (TPSA) is 76.7 Å². The van der Waals surface area contributed by atoms with Crippen LogP contribution in [0.4, 0.5) is 4.79 Å². The molecule has 0 radical (unpaired) electrons. The molecule has 56 valence electrons. The lowest BCUT2D eigenvalue weighted by molar-refractivity contribution is 0.151. The second-order valence-corrected chi connectivity index (χ2v) is 1.49. The van der Waals surface area contributed by atoms with Crippen LogP contribution >= 0.6 is 0 Å². The van der Waals surface area contributed by atoms with Crippen molar-refractivity contribution in [1.29, 1.82) is 0 Å². The van der Waals surface area contributed by atoms with Crippen molar-refractivity contribution in [3.63, 3.8) is 0 Å². The Morgan fingerprint density at radius 3 is 2.80 bits per heavy atom. The first-order valence-corrected chi connectivity index (χ1v) is 2.56. The quantitative estimate of drug-likeness (QED) is 0.394. The van der Waals surface area contributed by atoms with Crippen molar-refractivity contribution in [2.24, 2.45) is 10.9 Å². The van der Waals surface area contributed by atoms with Gasteiger partial charge in [-0.3, -0.25) is 5.32 Å². The highest BCUT2D eigenvalue weighted by Gasteiger charge is 1.96. The fourth-order valence-electron chi connectivity index (χ4n) is 0.378. The minimum atomic E-state index is -0.728. The molecule has 3 N–H and O–H groups in total. The van der Waals surface area contributed by atoms with E-state index in [9.17, 15) is 4.79 Å². The second kappa shape index (κ2) is 4.55. The molecular weight excluding hydrogens is 134 g/mol. The number of nitrogens with two attached hydrogens (primary N) is 1. The second-order valence-electron chi connectivity index (χ2n) is 1.49. The van der Waals surface area contributed by atoms with Gasteiger partial charge in [-0.25, -0.2) is 9.79 Å². The zero-order valence-electron chi connectivity index (χ0n) is 5.84. The molecule has 0 aromatic heterocycles. The van der Waals surface area contributed by atoms with Gasteiger partial charge in [0.1, 0.15) is 0 Å². The molecule has 1 amide bonds. The van der Waals surface area contributed by atoms with Crippen molar-refractivity contribution < 1.29 is 9.63 Å². The molecule has 0 spiro atoms. The Hall–Kier alpha value is -1.32. The van der Waals surface area contributed by atoms with E-state index < -0.39 is 6.09 Å². The van der Waals surface area contributed by atoms with E-state index in [1.54, 1.807) is 14.0 Å². The Labute approximate surface area is 58.5 Å². The Balaban J connectivity index is 3.91. The SMILES string of the molecule is CN=C=C(C)NC(=O)ON. The van der Waals surface area contributed by atoms with E-state index in [2.05, 4.69) is 26.9 Å². The van der Waals surface area contributed by atoms with Crippen molar-refractivity contribution >= 4 is 12.0 Å². The van der Waals surface area contributed by atoms with Crippen LogP contribution in [0.15, 0.2) is 10.7 Å². The largest absolute Gasteiger partial charge is 0.430 e. The van der Waals surface area contributed by atoms with Gasteiger partial charge in [0.15, 0.2) is 0 Å². The number of hydrogen-bond donors (Lipinski definition) is 2. The maximum Gasteiger partial charge on any atom is 0.430 e. The first-order valence-electron chi connectivity index (χ1n) is 2.56. The fourth-order valence-corrected chi connectivity index (χ4v) is 0.378. The maximum atomic E-state index is 10.3. The van der Waals surface area contributed by atoms with E-state index >= 15 is 0 Å². The monoisotopic (exact) mass is 143 g/mol. The molecule has 0 aromatic rings. The molecule has 0 saturated carbocycles. The van der Waals surface area contributed by atoms with Crippen LogP contribution in [0.2, 0.25) is 0 Å². The molecule has 0 saturated heterocycles. The first kappa shape index (κ1) is 8.68. The summed E-state index contributed by atoms with van der Waals surface area (Å²) < 4.78 is 0. The van der Waals surface area contributed by atoms with Crippen LogP contribution in [0, 0.1) is 0 Å². The van der Waals surface area contributed by atoms with E-state index in [-0.39, 0.29) is 0 Å². The van der Waals surface area contributed by atoms with Gasteiger partial charge in [0.25, 0.3) is 0 Å². The number of hydrogen-bond acceptors (Lipinski definition) is 4. The summed E-state index contributed by atoms with van der Waals surface area (Å²) in [4.78, 5) is 17.7. The molecule has 0 fully saturated rings. The van der Waals surface area contributed by atoms with Crippen LogP contribution in [0.1, 0.15) is 6.92 Å². The van der Waals surface area contributed by atoms with Gasteiger partial charge in [-0.1, -0.05) is 0 Å². The lowest BCUT2D eigenvalue weighted by Gasteiger charge is -1.97. The van der Waals surface area contributed by atoms with Gasteiger partial charge in [0, 0.05) is 12.9 Å². The molecule has 0 aliphatic rings. The third-order valence-electron chi connectivity index (χ3n) is 0.676. The molecule has 0 atom stereocenters. The fraction of sp³-hybridized carbons (Fsp3) is 0.400. The molecule has 0 rings (SSSR count). The molecule has 10 heavy (non-hydrogen) atoms. The third kappa shape index (κ3) is 3.65. The van der Waals surface area contributed by atoms with E-state index in [1.807, 2.05) is 0 Å². The number of amides is 1. The van der Waals surface area contributed by atoms with Crippen LogP contribution in [-0.4, -0.2) is 19.0 Å². The average molecular weight is 143 g/mol. The number of allylic oxidation sites excluding steroid dienone is 1. The minimum Gasteiger partial charge on any atom is -0.357 e. The molecule has 0 aliphatic carbocycles. The standard InChI is InChI=1S/C5H9N3O2/c1-4(3-7-2)8-5(9)10-6/h6H2,1-2H3,(H,8,9). The van der Waals surface area contributed by atoms with E-state index in [1.165, 1.54) is 0 Å². The van der Waals surface area contributed by atoms with Crippen LogP contribution in [0.3, 0.4) is 0 Å². The minimum absolute atomic E-state index is 0.456. The van der Waals surface area contributed by atoms with Crippen molar-refractivity contribution in [2.45, 2.75) is 6.92 Å². The van der Waals surface area contributed by atoms with Gasteiger partial charge in [0.2, 0.25) is 0 Å². The highest BCUT2D eigenvalue weighted by molar-refractivity contribution is 5.73. The molecule has 5 heteroatoms. The summed E-state index contributed by atoms with van der Waals surface area (Å²) in [6.07, 6.45) is -0.728. The number of rotatable bonds is 1. The van der Waals surface area contributed by atoms with Crippen LogP contribution < -0.4 is 11.2 Å². The molecule has 0 unspecified atom stereocenters. The van der Waals surface area contributed by atoms with Crippen molar-refractivity contribution in [2.75, 3.05) is 7.05 Å². The van der Waals surface area contributed by atoms with E-state index in [0.717, 1.165) is 0 Å². The van der Waals surface area contributed by atoms with Gasteiger partial charge in [-0.15, -0.1) is 0 Å². The van der Waals surface area contributed by atoms with Gasteiger partial charge < -0.3 is 4.84 Å². The first-order chi connectivity index (χ1) is 4.70. The summed E-state index contributed by atoms with van der Waals surface area (Å²) in [5.41, 5.74) is 0.456. The van der Waals surface area contributed by atoms with Crippen LogP contribution in [0.5, 0.6) is 0 Å². The van der Waals surface area contributed by atoms with Gasteiger partial charge in [-0.2, -0.15) is 5.90 Å². The summed E-state index contributed by atoms with van der Waals surface area (Å²) >= 11 is 0. The summed E-state index contributed by atoms with van der Waals surface area (Å²) in [5, 5.41) is 2.26. The molecule has 0 aromatic carbocycles. The van der Waals surface area contributed by atoms with Crippen molar-refractivity contribution in [1.82, 2.24) is 5.32 Å². The lowest BCUT2D eigenvalue weighted by atomic mass is 10.6. The Morgan fingerprint density at radius 1 is 1.80 bits per heavy atom. The smallest absolute Gasteiger partial charge is 0.357 e. The number of aliphatic imine (C=N–C) groups is 1. The molecule has 0 bridgehead atoms. The normalized spacial score (nSPS) is 7.50. The number of nitrogens with one attached hydrogen (secondary N) is 1.